The first-order chi connectivity index (χ1) is 10.8. The van der Waals surface area contributed by atoms with Crippen LogP contribution in [0.1, 0.15) is 62.5 Å². The lowest BCUT2D eigenvalue weighted by Gasteiger charge is -2.28. The minimum absolute atomic E-state index is 0.661. The molecule has 0 radical (unpaired) electrons. The van der Waals surface area contributed by atoms with Crippen LogP contribution in [0.15, 0.2) is 36.4 Å². The smallest absolute Gasteiger partial charge is 0.0991 e. The highest BCUT2D eigenvalue weighted by atomic mass is 16.5. The fraction of sp³-hybridized carbons (Fsp3) is 0.550. The molecule has 1 saturated carbocycles. The van der Waals surface area contributed by atoms with E-state index in [9.17, 15) is 0 Å². The molecule has 0 bridgehead atoms. The SMILES string of the molecule is CCC/C=C/COCC1CCC(c2ccc(C#N)cc2)CC1. The number of unbranched alkanes of at least 4 members (excludes halogenated alkanes) is 1. The Balaban J connectivity index is 1.68. The summed E-state index contributed by atoms with van der Waals surface area (Å²) in [5, 5.41) is 8.86. The van der Waals surface area contributed by atoms with E-state index in [4.69, 9.17) is 10.00 Å². The van der Waals surface area contributed by atoms with E-state index >= 15 is 0 Å². The van der Waals surface area contributed by atoms with Crippen molar-refractivity contribution in [1.29, 1.82) is 5.26 Å². The first kappa shape index (κ1) is 16.8. The van der Waals surface area contributed by atoms with Gasteiger partial charge in [-0.2, -0.15) is 5.26 Å². The first-order valence-electron chi connectivity index (χ1n) is 8.56. The molecule has 1 aromatic carbocycles. The monoisotopic (exact) mass is 297 g/mol. The van der Waals surface area contributed by atoms with Gasteiger partial charge >= 0.3 is 0 Å². The Morgan fingerprint density at radius 2 is 1.86 bits per heavy atom. The van der Waals surface area contributed by atoms with Gasteiger partial charge in [-0.25, -0.2) is 0 Å². The third-order valence-corrected chi connectivity index (χ3v) is 4.55. The summed E-state index contributed by atoms with van der Waals surface area (Å²) >= 11 is 0. The molecule has 0 unspecified atom stereocenters. The zero-order valence-electron chi connectivity index (χ0n) is 13.6. The van der Waals surface area contributed by atoms with E-state index in [2.05, 4.69) is 37.3 Å². The fourth-order valence-electron chi connectivity index (χ4n) is 3.15. The molecule has 0 N–H and O–H groups in total. The number of allylic oxidation sites excluding steroid dienone is 1. The lowest BCUT2D eigenvalue weighted by atomic mass is 9.79. The van der Waals surface area contributed by atoms with Gasteiger partial charge in [-0.3, -0.25) is 0 Å². The van der Waals surface area contributed by atoms with E-state index in [1.165, 1.54) is 37.7 Å². The van der Waals surface area contributed by atoms with Crippen LogP contribution >= 0.6 is 0 Å². The molecule has 1 aliphatic rings. The van der Waals surface area contributed by atoms with Crippen LogP contribution in [0.3, 0.4) is 0 Å². The van der Waals surface area contributed by atoms with Gasteiger partial charge in [0.15, 0.2) is 0 Å². The van der Waals surface area contributed by atoms with E-state index in [0.29, 0.717) is 11.8 Å². The maximum absolute atomic E-state index is 8.86. The van der Waals surface area contributed by atoms with Gasteiger partial charge in [-0.05, 0) is 61.6 Å². The summed E-state index contributed by atoms with van der Waals surface area (Å²) in [5.74, 6) is 1.38. The van der Waals surface area contributed by atoms with E-state index < -0.39 is 0 Å². The van der Waals surface area contributed by atoms with Gasteiger partial charge in [-0.1, -0.05) is 37.6 Å². The van der Waals surface area contributed by atoms with Crippen molar-refractivity contribution in [2.75, 3.05) is 13.2 Å². The van der Waals surface area contributed by atoms with Gasteiger partial charge in [0.25, 0.3) is 0 Å². The minimum atomic E-state index is 0.661. The summed E-state index contributed by atoms with van der Waals surface area (Å²) < 4.78 is 5.77. The molecular formula is C20H27NO. The Hall–Kier alpha value is -1.59. The quantitative estimate of drug-likeness (QED) is 0.511. The van der Waals surface area contributed by atoms with Crippen LogP contribution in [0.4, 0.5) is 0 Å². The summed E-state index contributed by atoms with van der Waals surface area (Å²) in [6, 6.07) is 10.3. The summed E-state index contributed by atoms with van der Waals surface area (Å²) in [6.07, 6.45) is 11.7. The van der Waals surface area contributed by atoms with E-state index in [0.717, 1.165) is 25.2 Å². The van der Waals surface area contributed by atoms with Gasteiger partial charge < -0.3 is 4.74 Å². The lowest BCUT2D eigenvalue weighted by Crippen LogP contribution is -2.18. The Kier molecular flexibility index (Phi) is 7.19. The van der Waals surface area contributed by atoms with Gasteiger partial charge in [-0.15, -0.1) is 0 Å². The first-order valence-corrected chi connectivity index (χ1v) is 8.56. The van der Waals surface area contributed by atoms with Gasteiger partial charge in [0.05, 0.1) is 18.2 Å². The molecule has 22 heavy (non-hydrogen) atoms. The second kappa shape index (κ2) is 9.43. The van der Waals surface area contributed by atoms with E-state index in [1.54, 1.807) is 0 Å². The average molecular weight is 297 g/mol. The Labute approximate surface area is 134 Å². The lowest BCUT2D eigenvalue weighted by molar-refractivity contribution is 0.102. The molecule has 0 saturated heterocycles. The number of rotatable bonds is 7. The Morgan fingerprint density at radius 1 is 1.14 bits per heavy atom. The summed E-state index contributed by atoms with van der Waals surface area (Å²) in [7, 11) is 0. The molecule has 0 aromatic heterocycles. The summed E-state index contributed by atoms with van der Waals surface area (Å²) in [6.45, 7) is 3.85. The third-order valence-electron chi connectivity index (χ3n) is 4.55. The number of nitrogens with zero attached hydrogens (tertiary/aromatic N) is 1. The van der Waals surface area contributed by atoms with Crippen molar-refractivity contribution in [2.24, 2.45) is 5.92 Å². The molecule has 2 nitrogen and oxygen atoms in total. The molecule has 0 amide bonds. The van der Waals surface area contributed by atoms with Crippen LogP contribution in [0.2, 0.25) is 0 Å². The van der Waals surface area contributed by atoms with Crippen LogP contribution in [-0.4, -0.2) is 13.2 Å². The summed E-state index contributed by atoms with van der Waals surface area (Å²) in [4.78, 5) is 0. The van der Waals surface area contributed by atoms with Gasteiger partial charge in [0, 0.05) is 6.61 Å². The highest BCUT2D eigenvalue weighted by molar-refractivity contribution is 5.33. The highest BCUT2D eigenvalue weighted by Crippen LogP contribution is 2.35. The van der Waals surface area contributed by atoms with Crippen LogP contribution in [-0.2, 0) is 4.74 Å². The molecule has 0 atom stereocenters. The molecule has 0 aliphatic heterocycles. The van der Waals surface area contributed by atoms with Crippen molar-refractivity contribution in [3.05, 3.63) is 47.5 Å². The number of benzene rings is 1. The maximum Gasteiger partial charge on any atom is 0.0991 e. The molecule has 118 valence electrons. The molecular weight excluding hydrogens is 270 g/mol. The third kappa shape index (κ3) is 5.31. The second-order valence-corrected chi connectivity index (χ2v) is 6.25. The number of hydrogen-bond donors (Lipinski definition) is 0. The predicted octanol–water partition coefficient (Wildman–Crippen LogP) is 5.20. The van der Waals surface area contributed by atoms with Crippen molar-refractivity contribution in [2.45, 2.75) is 51.4 Å². The molecule has 2 rings (SSSR count). The van der Waals surface area contributed by atoms with Crippen molar-refractivity contribution in [1.82, 2.24) is 0 Å². The van der Waals surface area contributed by atoms with Crippen molar-refractivity contribution in [3.63, 3.8) is 0 Å². The van der Waals surface area contributed by atoms with E-state index in [-0.39, 0.29) is 0 Å². The van der Waals surface area contributed by atoms with E-state index in [1.807, 2.05) is 12.1 Å². The number of nitriles is 1. The average Bonchev–Trinajstić information content (AvgIpc) is 2.59. The molecule has 0 spiro atoms. The molecule has 2 heteroatoms. The Bertz CT molecular complexity index is 489. The van der Waals surface area contributed by atoms with Crippen molar-refractivity contribution < 1.29 is 4.74 Å². The predicted molar refractivity (Wildman–Crippen MR) is 90.7 cm³/mol. The Morgan fingerprint density at radius 3 is 2.50 bits per heavy atom. The van der Waals surface area contributed by atoms with Crippen molar-refractivity contribution >= 4 is 0 Å². The standard InChI is InChI=1S/C20H27NO/c1-2-3-4-5-14-22-16-18-8-12-20(13-9-18)19-10-6-17(15-21)7-11-19/h4-7,10-11,18,20H,2-3,8-9,12-14,16H2,1H3/b5-4+. The van der Waals surface area contributed by atoms with Crippen LogP contribution in [0.5, 0.6) is 0 Å². The minimum Gasteiger partial charge on any atom is -0.377 e. The highest BCUT2D eigenvalue weighted by Gasteiger charge is 2.22. The molecule has 0 heterocycles. The molecule has 1 fully saturated rings. The molecule has 1 aromatic rings. The second-order valence-electron chi connectivity index (χ2n) is 6.25. The topological polar surface area (TPSA) is 33.0 Å². The van der Waals surface area contributed by atoms with Crippen LogP contribution < -0.4 is 0 Å². The normalized spacial score (nSPS) is 21.8. The largest absolute Gasteiger partial charge is 0.377 e. The maximum atomic E-state index is 8.86. The van der Waals surface area contributed by atoms with Gasteiger partial charge in [0.1, 0.15) is 0 Å². The zero-order chi connectivity index (χ0) is 15.6. The van der Waals surface area contributed by atoms with Gasteiger partial charge in [0.2, 0.25) is 0 Å². The van der Waals surface area contributed by atoms with Crippen LogP contribution in [0, 0.1) is 17.2 Å². The number of ether oxygens (including phenoxy) is 1. The number of hydrogen-bond acceptors (Lipinski definition) is 2. The molecule has 1 aliphatic carbocycles. The van der Waals surface area contributed by atoms with Crippen molar-refractivity contribution in [3.8, 4) is 6.07 Å². The zero-order valence-corrected chi connectivity index (χ0v) is 13.6. The fourth-order valence-corrected chi connectivity index (χ4v) is 3.15. The summed E-state index contributed by atoms with van der Waals surface area (Å²) in [5.41, 5.74) is 2.14. The van der Waals surface area contributed by atoms with Crippen LogP contribution in [0.25, 0.3) is 0 Å².